The molecule has 1 aromatic carbocycles. The molecule has 3 aliphatic rings. The smallest absolute Gasteiger partial charge is 0.252 e. The summed E-state index contributed by atoms with van der Waals surface area (Å²) in [4.78, 5) is 20.7. The summed E-state index contributed by atoms with van der Waals surface area (Å²) >= 11 is 0. The number of nitrogens with zero attached hydrogens (tertiary/aromatic N) is 2. The van der Waals surface area contributed by atoms with Crippen molar-refractivity contribution in [3.8, 4) is 0 Å². The van der Waals surface area contributed by atoms with E-state index in [0.29, 0.717) is 6.04 Å². The maximum atomic E-state index is 13.3. The number of para-hydroxylation sites is 1. The van der Waals surface area contributed by atoms with Crippen LogP contribution in [-0.2, 0) is 12.8 Å². The molecule has 1 aromatic heterocycles. The van der Waals surface area contributed by atoms with Crippen LogP contribution in [0.1, 0.15) is 60.1 Å². The van der Waals surface area contributed by atoms with E-state index in [1.165, 1.54) is 24.8 Å². The summed E-state index contributed by atoms with van der Waals surface area (Å²) in [6.45, 7) is 2.26. The fraction of sp³-hybridized carbons (Fsp3) is 0.545. The Kier molecular flexibility index (Phi) is 4.16. The van der Waals surface area contributed by atoms with Crippen molar-refractivity contribution >= 4 is 16.8 Å². The highest BCUT2D eigenvalue weighted by atomic mass is 16.1. The van der Waals surface area contributed by atoms with Crippen molar-refractivity contribution in [2.75, 3.05) is 13.1 Å². The monoisotopic (exact) mass is 349 g/mol. The molecule has 2 aliphatic carbocycles. The Balaban J connectivity index is 1.41. The number of carbonyl (C=O) groups excluding carboxylic acids is 1. The van der Waals surface area contributed by atoms with Gasteiger partial charge in [-0.25, -0.2) is 0 Å². The number of carbonyl (C=O) groups is 1. The zero-order chi connectivity index (χ0) is 17.5. The average molecular weight is 349 g/mol. The summed E-state index contributed by atoms with van der Waals surface area (Å²) in [6.07, 6.45) is 9.21. The highest BCUT2D eigenvalue weighted by molar-refractivity contribution is 6.07. The minimum absolute atomic E-state index is 0.117. The molecule has 136 valence electrons. The van der Waals surface area contributed by atoms with E-state index in [1.807, 2.05) is 18.2 Å². The number of pyridine rings is 1. The molecular weight excluding hydrogens is 322 g/mol. The molecule has 2 aromatic rings. The van der Waals surface area contributed by atoms with Gasteiger partial charge in [0.25, 0.3) is 5.91 Å². The molecule has 2 fully saturated rings. The molecule has 4 nitrogen and oxygen atoms in total. The molecule has 1 N–H and O–H groups in total. The molecule has 0 radical (unpaired) electrons. The van der Waals surface area contributed by atoms with E-state index in [1.54, 1.807) is 0 Å². The number of fused-ring (bicyclic) bond motifs is 2. The average Bonchev–Trinajstić information content (AvgIpc) is 3.52. The van der Waals surface area contributed by atoms with Crippen LogP contribution < -0.4 is 5.32 Å². The Morgan fingerprint density at radius 3 is 2.62 bits per heavy atom. The third kappa shape index (κ3) is 3.01. The molecule has 26 heavy (non-hydrogen) atoms. The standard InChI is InChI=1S/C22H27N3O/c26-22(23-15-11-13-25(14-12-15)16-9-10-16)21-17-5-1-3-7-19(17)24-20-8-4-2-6-18(20)21/h1,3,5,7,15-16H,2,4,6,8-14H2,(H,23,26). The van der Waals surface area contributed by atoms with Crippen molar-refractivity contribution in [1.29, 1.82) is 0 Å². The Bertz CT molecular complexity index is 835. The van der Waals surface area contributed by atoms with Gasteiger partial charge in [-0.1, -0.05) is 18.2 Å². The molecular formula is C22H27N3O. The van der Waals surface area contributed by atoms with Crippen molar-refractivity contribution < 1.29 is 4.79 Å². The van der Waals surface area contributed by atoms with Gasteiger partial charge in [0.2, 0.25) is 0 Å². The molecule has 1 aliphatic heterocycles. The predicted octanol–water partition coefficient (Wildman–Crippen LogP) is 3.47. The highest BCUT2D eigenvalue weighted by Gasteiger charge is 2.32. The Morgan fingerprint density at radius 2 is 1.81 bits per heavy atom. The van der Waals surface area contributed by atoms with Crippen LogP contribution in [0.4, 0.5) is 0 Å². The van der Waals surface area contributed by atoms with Crippen LogP contribution in [0.25, 0.3) is 10.9 Å². The van der Waals surface area contributed by atoms with E-state index >= 15 is 0 Å². The SMILES string of the molecule is O=C(NC1CCN(C2CC2)CC1)c1c2c(nc3ccccc13)CCCC2. The number of benzene rings is 1. The van der Waals surface area contributed by atoms with Crippen molar-refractivity contribution in [3.63, 3.8) is 0 Å². The van der Waals surface area contributed by atoms with Crippen LogP contribution in [0.3, 0.4) is 0 Å². The molecule has 0 spiro atoms. The van der Waals surface area contributed by atoms with Gasteiger partial charge in [-0.2, -0.15) is 0 Å². The first-order chi connectivity index (χ1) is 12.8. The van der Waals surface area contributed by atoms with Crippen molar-refractivity contribution in [2.45, 2.75) is 63.5 Å². The lowest BCUT2D eigenvalue weighted by Gasteiger charge is -2.32. The van der Waals surface area contributed by atoms with Crippen LogP contribution in [0.5, 0.6) is 0 Å². The zero-order valence-corrected chi connectivity index (χ0v) is 15.3. The Labute approximate surface area is 155 Å². The molecule has 2 heterocycles. The first kappa shape index (κ1) is 16.2. The third-order valence-electron chi connectivity index (χ3n) is 6.32. The zero-order valence-electron chi connectivity index (χ0n) is 15.3. The van der Waals surface area contributed by atoms with Crippen molar-refractivity contribution in [3.05, 3.63) is 41.1 Å². The summed E-state index contributed by atoms with van der Waals surface area (Å²) in [6, 6.07) is 9.27. The molecule has 0 atom stereocenters. The molecule has 0 unspecified atom stereocenters. The summed E-state index contributed by atoms with van der Waals surface area (Å²) in [5.41, 5.74) is 4.20. The second kappa shape index (κ2) is 6.66. The summed E-state index contributed by atoms with van der Waals surface area (Å²) in [7, 11) is 0. The topological polar surface area (TPSA) is 45.2 Å². The van der Waals surface area contributed by atoms with E-state index < -0.39 is 0 Å². The van der Waals surface area contributed by atoms with E-state index in [2.05, 4.69) is 16.3 Å². The van der Waals surface area contributed by atoms with Gasteiger partial charge in [-0.05, 0) is 63.0 Å². The fourth-order valence-corrected chi connectivity index (χ4v) is 4.74. The quantitative estimate of drug-likeness (QED) is 0.923. The first-order valence-corrected chi connectivity index (χ1v) is 10.2. The summed E-state index contributed by atoms with van der Waals surface area (Å²) < 4.78 is 0. The normalized spacial score (nSPS) is 21.5. The van der Waals surface area contributed by atoms with Gasteiger partial charge in [0.05, 0.1) is 11.1 Å². The van der Waals surface area contributed by atoms with Crippen molar-refractivity contribution in [1.82, 2.24) is 15.2 Å². The third-order valence-corrected chi connectivity index (χ3v) is 6.32. The lowest BCUT2D eigenvalue weighted by atomic mass is 9.89. The number of nitrogens with one attached hydrogen (secondary N) is 1. The Morgan fingerprint density at radius 1 is 1.04 bits per heavy atom. The highest BCUT2D eigenvalue weighted by Crippen LogP contribution is 2.31. The molecule has 1 amide bonds. The van der Waals surface area contributed by atoms with Crippen molar-refractivity contribution in [2.24, 2.45) is 0 Å². The van der Waals surface area contributed by atoms with Gasteiger partial charge in [-0.15, -0.1) is 0 Å². The first-order valence-electron chi connectivity index (χ1n) is 10.2. The number of aryl methyl sites for hydroxylation is 1. The molecule has 0 bridgehead atoms. The fourth-order valence-electron chi connectivity index (χ4n) is 4.74. The van der Waals surface area contributed by atoms with Crippen LogP contribution >= 0.6 is 0 Å². The second-order valence-corrected chi connectivity index (χ2v) is 8.15. The minimum atomic E-state index is 0.117. The summed E-state index contributed by atoms with van der Waals surface area (Å²) in [5, 5.41) is 4.38. The molecule has 1 saturated carbocycles. The number of hydrogen-bond donors (Lipinski definition) is 1. The maximum Gasteiger partial charge on any atom is 0.252 e. The second-order valence-electron chi connectivity index (χ2n) is 8.15. The Hall–Kier alpha value is -1.94. The van der Waals surface area contributed by atoms with Gasteiger partial charge < -0.3 is 10.2 Å². The van der Waals surface area contributed by atoms with Gasteiger partial charge >= 0.3 is 0 Å². The van der Waals surface area contributed by atoms with Crippen LogP contribution in [-0.4, -0.2) is 41.0 Å². The number of rotatable bonds is 3. The molecule has 1 saturated heterocycles. The maximum absolute atomic E-state index is 13.3. The minimum Gasteiger partial charge on any atom is -0.349 e. The van der Waals surface area contributed by atoms with Crippen LogP contribution in [0, 0.1) is 0 Å². The van der Waals surface area contributed by atoms with E-state index in [-0.39, 0.29) is 5.91 Å². The lowest BCUT2D eigenvalue weighted by molar-refractivity contribution is 0.0909. The molecule has 4 heteroatoms. The molecule has 5 rings (SSSR count). The number of piperidine rings is 1. The van der Waals surface area contributed by atoms with Gasteiger partial charge in [0.15, 0.2) is 0 Å². The van der Waals surface area contributed by atoms with Gasteiger partial charge in [0.1, 0.15) is 0 Å². The predicted molar refractivity (Wildman–Crippen MR) is 103 cm³/mol. The van der Waals surface area contributed by atoms with Crippen LogP contribution in [0.2, 0.25) is 0 Å². The van der Waals surface area contributed by atoms with Gasteiger partial charge in [0, 0.05) is 36.3 Å². The number of amides is 1. The number of likely N-dealkylation sites (tertiary alicyclic amines) is 1. The number of hydrogen-bond acceptors (Lipinski definition) is 3. The van der Waals surface area contributed by atoms with E-state index in [9.17, 15) is 4.79 Å². The van der Waals surface area contributed by atoms with E-state index in [4.69, 9.17) is 4.98 Å². The van der Waals surface area contributed by atoms with E-state index in [0.717, 1.165) is 73.4 Å². The van der Waals surface area contributed by atoms with Crippen LogP contribution in [0.15, 0.2) is 24.3 Å². The van der Waals surface area contributed by atoms with Gasteiger partial charge in [-0.3, -0.25) is 9.78 Å². The lowest BCUT2D eigenvalue weighted by Crippen LogP contribution is -2.45. The summed E-state index contributed by atoms with van der Waals surface area (Å²) in [5.74, 6) is 0.117. The number of aromatic nitrogens is 1. The largest absolute Gasteiger partial charge is 0.349 e.